The molecule has 0 saturated carbocycles. The maximum Gasteiger partial charge on any atom is 0.251 e. The molecular weight excluding hydrogens is 371 g/mol. The number of nitrogen functional groups attached to an aromatic ring is 1. The molecule has 1 amide bonds. The van der Waals surface area contributed by atoms with Crippen molar-refractivity contribution in [2.24, 2.45) is 0 Å². The van der Waals surface area contributed by atoms with E-state index >= 15 is 0 Å². The molecule has 0 aliphatic carbocycles. The number of nitrogens with zero attached hydrogens (tertiary/aromatic N) is 1. The molecule has 0 aromatic heterocycles. The molecule has 0 heterocycles. The number of anilines is 1. The first-order valence-corrected chi connectivity index (χ1v) is 9.70. The largest absolute Gasteiger partial charge is 0.398 e. The maximum atomic E-state index is 13.5. The van der Waals surface area contributed by atoms with Crippen LogP contribution in [0, 0.1) is 11.2 Å². The highest BCUT2D eigenvalue weighted by Gasteiger charge is 2.13. The smallest absolute Gasteiger partial charge is 0.251 e. The van der Waals surface area contributed by atoms with Crippen molar-refractivity contribution in [3.8, 4) is 0 Å². The zero-order valence-corrected chi connectivity index (χ0v) is 17.0. The molecule has 0 bridgehead atoms. The molecule has 0 spiro atoms. The normalized spacial score (nSPS) is 10.9. The van der Waals surface area contributed by atoms with Crippen LogP contribution in [0.5, 0.6) is 0 Å². The Labute approximate surface area is 171 Å². The van der Waals surface area contributed by atoms with Crippen LogP contribution in [0.4, 0.5) is 10.1 Å². The number of ether oxygens (including phenoxy) is 1. The van der Waals surface area contributed by atoms with E-state index in [4.69, 9.17) is 15.9 Å². The summed E-state index contributed by atoms with van der Waals surface area (Å²) in [4.78, 5) is 14.8. The van der Waals surface area contributed by atoms with Crippen LogP contribution < -0.4 is 11.1 Å². The summed E-state index contributed by atoms with van der Waals surface area (Å²) in [5.74, 6) is -0.649. The van der Waals surface area contributed by atoms with Crippen molar-refractivity contribution in [2.45, 2.75) is 13.3 Å². The number of likely N-dealkylation sites (N-methyl/N-ethyl adjacent to an activating group) is 1. The SMILES string of the molecule is CCN(CCCNC(=O)c1ccc(N)c(C(=N)c2cccc(F)c2)c1)CCOC. The third-order valence-electron chi connectivity index (χ3n) is 4.69. The monoisotopic (exact) mass is 400 g/mol. The number of carbonyl (C=O) groups excluding carboxylic acids is 1. The number of hydrogen-bond acceptors (Lipinski definition) is 5. The first kappa shape index (κ1) is 22.5. The van der Waals surface area contributed by atoms with Crippen molar-refractivity contribution in [2.75, 3.05) is 45.6 Å². The molecule has 29 heavy (non-hydrogen) atoms. The lowest BCUT2D eigenvalue weighted by atomic mass is 9.98. The molecule has 6 nitrogen and oxygen atoms in total. The van der Waals surface area contributed by atoms with Gasteiger partial charge in [0.2, 0.25) is 0 Å². The number of hydrogen-bond donors (Lipinski definition) is 3. The van der Waals surface area contributed by atoms with E-state index in [9.17, 15) is 9.18 Å². The maximum absolute atomic E-state index is 13.5. The highest BCUT2D eigenvalue weighted by Crippen LogP contribution is 2.19. The Morgan fingerprint density at radius 2 is 2.00 bits per heavy atom. The molecule has 7 heteroatoms. The number of nitrogens with one attached hydrogen (secondary N) is 2. The fraction of sp³-hybridized carbons (Fsp3) is 0.364. The first-order valence-electron chi connectivity index (χ1n) is 9.70. The van der Waals surface area contributed by atoms with Gasteiger partial charge in [-0.2, -0.15) is 0 Å². The molecule has 0 atom stereocenters. The molecule has 0 aliphatic heterocycles. The predicted octanol–water partition coefficient (Wildman–Crippen LogP) is 2.91. The van der Waals surface area contributed by atoms with Crippen LogP contribution in [-0.4, -0.2) is 56.4 Å². The minimum absolute atomic E-state index is 0.0772. The third kappa shape index (κ3) is 6.66. The van der Waals surface area contributed by atoms with E-state index in [2.05, 4.69) is 17.1 Å². The van der Waals surface area contributed by atoms with E-state index in [-0.39, 0.29) is 11.6 Å². The van der Waals surface area contributed by atoms with Crippen molar-refractivity contribution in [1.29, 1.82) is 5.41 Å². The van der Waals surface area contributed by atoms with E-state index in [0.717, 1.165) is 26.1 Å². The standard InChI is InChI=1S/C22H29FN4O2/c1-3-27(12-13-29-2)11-5-10-26-22(28)17-8-9-20(24)19(15-17)21(25)16-6-4-7-18(23)14-16/h4,6-9,14-15,25H,3,5,10-13,24H2,1-2H3,(H,26,28). The van der Waals surface area contributed by atoms with Crippen LogP contribution in [0.15, 0.2) is 42.5 Å². The average molecular weight is 400 g/mol. The fourth-order valence-electron chi connectivity index (χ4n) is 2.97. The Balaban J connectivity index is 1.98. The minimum atomic E-state index is -0.425. The Bertz CT molecular complexity index is 841. The molecule has 4 N–H and O–H groups in total. The van der Waals surface area contributed by atoms with E-state index in [1.165, 1.54) is 18.2 Å². The van der Waals surface area contributed by atoms with Gasteiger partial charge >= 0.3 is 0 Å². The molecule has 2 rings (SSSR count). The number of rotatable bonds is 11. The van der Waals surface area contributed by atoms with Crippen LogP contribution in [0.2, 0.25) is 0 Å². The van der Waals surface area contributed by atoms with Crippen LogP contribution in [0.25, 0.3) is 0 Å². The van der Waals surface area contributed by atoms with Gasteiger partial charge in [0.15, 0.2) is 0 Å². The summed E-state index contributed by atoms with van der Waals surface area (Å²) in [5, 5.41) is 11.2. The van der Waals surface area contributed by atoms with Gasteiger partial charge in [-0.05, 0) is 49.8 Å². The lowest BCUT2D eigenvalue weighted by molar-refractivity contribution is 0.0950. The Hall–Kier alpha value is -2.77. The molecule has 0 saturated heterocycles. The number of methoxy groups -OCH3 is 1. The summed E-state index contributed by atoms with van der Waals surface area (Å²) in [5.41, 5.74) is 7.67. The Morgan fingerprint density at radius 3 is 2.69 bits per heavy atom. The van der Waals surface area contributed by atoms with Gasteiger partial charge < -0.3 is 20.7 Å². The molecular formula is C22H29FN4O2. The van der Waals surface area contributed by atoms with Gasteiger partial charge in [0.05, 0.1) is 12.3 Å². The van der Waals surface area contributed by atoms with Crippen molar-refractivity contribution >= 4 is 17.3 Å². The lowest BCUT2D eigenvalue weighted by Gasteiger charge is -2.19. The number of benzene rings is 2. The summed E-state index contributed by atoms with van der Waals surface area (Å²) in [7, 11) is 1.68. The summed E-state index contributed by atoms with van der Waals surface area (Å²) >= 11 is 0. The summed E-state index contributed by atoms with van der Waals surface area (Å²) < 4.78 is 18.6. The first-order chi connectivity index (χ1) is 14.0. The Kier molecular flexibility index (Phi) is 8.76. The van der Waals surface area contributed by atoms with E-state index in [1.807, 2.05) is 0 Å². The van der Waals surface area contributed by atoms with Crippen LogP contribution >= 0.6 is 0 Å². The molecule has 156 valence electrons. The number of amides is 1. The van der Waals surface area contributed by atoms with Gasteiger partial charge in [-0.15, -0.1) is 0 Å². The van der Waals surface area contributed by atoms with Gasteiger partial charge in [0.25, 0.3) is 5.91 Å². The molecule has 0 aliphatic rings. The zero-order chi connectivity index (χ0) is 21.2. The third-order valence-corrected chi connectivity index (χ3v) is 4.69. The molecule has 0 unspecified atom stereocenters. The Morgan fingerprint density at radius 1 is 1.21 bits per heavy atom. The van der Waals surface area contributed by atoms with Crippen LogP contribution in [-0.2, 0) is 4.74 Å². The summed E-state index contributed by atoms with van der Waals surface area (Å²) in [6.07, 6.45) is 0.824. The van der Waals surface area contributed by atoms with Gasteiger partial charge in [-0.3, -0.25) is 10.2 Å². The second-order valence-corrected chi connectivity index (χ2v) is 6.72. The highest BCUT2D eigenvalue weighted by atomic mass is 19.1. The van der Waals surface area contributed by atoms with Crippen LogP contribution in [0.1, 0.15) is 34.8 Å². The van der Waals surface area contributed by atoms with Gasteiger partial charge in [0.1, 0.15) is 5.82 Å². The predicted molar refractivity (Wildman–Crippen MR) is 114 cm³/mol. The lowest BCUT2D eigenvalue weighted by Crippen LogP contribution is -2.32. The van der Waals surface area contributed by atoms with E-state index < -0.39 is 5.82 Å². The molecule has 0 fully saturated rings. The van der Waals surface area contributed by atoms with Crippen molar-refractivity contribution in [1.82, 2.24) is 10.2 Å². The minimum Gasteiger partial charge on any atom is -0.398 e. The van der Waals surface area contributed by atoms with E-state index in [1.54, 1.807) is 31.4 Å². The number of halogens is 1. The quantitative estimate of drug-likeness (QED) is 0.307. The van der Waals surface area contributed by atoms with Gasteiger partial charge in [0, 0.05) is 42.6 Å². The van der Waals surface area contributed by atoms with Crippen LogP contribution in [0.3, 0.4) is 0 Å². The second-order valence-electron chi connectivity index (χ2n) is 6.72. The second kappa shape index (κ2) is 11.3. The van der Waals surface area contributed by atoms with Crippen molar-refractivity contribution in [3.05, 3.63) is 65.0 Å². The van der Waals surface area contributed by atoms with Gasteiger partial charge in [-0.25, -0.2) is 4.39 Å². The summed E-state index contributed by atoms with van der Waals surface area (Å²) in [6.45, 7) is 6.00. The van der Waals surface area contributed by atoms with E-state index in [0.29, 0.717) is 35.5 Å². The fourth-order valence-corrected chi connectivity index (χ4v) is 2.97. The number of carbonyl (C=O) groups is 1. The average Bonchev–Trinajstić information content (AvgIpc) is 2.73. The molecule has 0 radical (unpaired) electrons. The number of nitrogens with two attached hydrogens (primary N) is 1. The summed E-state index contributed by atoms with van der Waals surface area (Å²) in [6, 6.07) is 10.6. The topological polar surface area (TPSA) is 91.4 Å². The molecule has 2 aromatic rings. The van der Waals surface area contributed by atoms with Gasteiger partial charge in [-0.1, -0.05) is 19.1 Å². The highest BCUT2D eigenvalue weighted by molar-refractivity contribution is 6.14. The molecule has 2 aromatic carbocycles. The van der Waals surface area contributed by atoms with Crippen molar-refractivity contribution in [3.63, 3.8) is 0 Å². The van der Waals surface area contributed by atoms with Crippen molar-refractivity contribution < 1.29 is 13.9 Å². The zero-order valence-electron chi connectivity index (χ0n) is 17.0.